The van der Waals surface area contributed by atoms with Crippen molar-refractivity contribution in [3.63, 3.8) is 0 Å². The zero-order chi connectivity index (χ0) is 20.0. The van der Waals surface area contributed by atoms with Gasteiger partial charge in [0.25, 0.3) is 5.91 Å². The Bertz CT molecular complexity index is 787. The van der Waals surface area contributed by atoms with Crippen molar-refractivity contribution in [2.75, 3.05) is 18.5 Å². The van der Waals surface area contributed by atoms with Crippen molar-refractivity contribution in [3.8, 4) is 11.5 Å². The number of aromatic nitrogens is 4. The molecule has 9 nitrogen and oxygen atoms in total. The van der Waals surface area contributed by atoms with Gasteiger partial charge < -0.3 is 20.1 Å². The number of hydrogen-bond donors (Lipinski definition) is 2. The standard InChI is InChI=1S/C17H25BrN6O3/c1-6-26-13-7-11(9-19-16-21-22-23-24(16)5)12(18)8-14(13)27-10-15(25)20-17(2,3)4/h7-8H,6,9-10H2,1-5H3,(H,20,25)(H,19,21,23). The first-order chi connectivity index (χ1) is 12.7. The van der Waals surface area contributed by atoms with Crippen molar-refractivity contribution in [2.45, 2.75) is 39.8 Å². The monoisotopic (exact) mass is 440 g/mol. The second-order valence-corrected chi connectivity index (χ2v) is 7.74. The number of rotatable bonds is 8. The van der Waals surface area contributed by atoms with Gasteiger partial charge in [-0.1, -0.05) is 21.0 Å². The van der Waals surface area contributed by atoms with Crippen LogP contribution < -0.4 is 20.1 Å². The van der Waals surface area contributed by atoms with Crippen molar-refractivity contribution in [2.24, 2.45) is 7.05 Å². The molecule has 148 valence electrons. The molecule has 1 aromatic heterocycles. The Hall–Kier alpha value is -2.36. The number of carbonyl (C=O) groups is 1. The lowest BCUT2D eigenvalue weighted by Crippen LogP contribution is -2.43. The van der Waals surface area contributed by atoms with E-state index in [1.165, 1.54) is 0 Å². The van der Waals surface area contributed by atoms with Crippen LogP contribution in [0.25, 0.3) is 0 Å². The predicted octanol–water partition coefficient (Wildman–Crippen LogP) is 2.28. The fourth-order valence-corrected chi connectivity index (χ4v) is 2.71. The number of anilines is 1. The second-order valence-electron chi connectivity index (χ2n) is 6.89. The molecule has 0 saturated heterocycles. The van der Waals surface area contributed by atoms with Gasteiger partial charge in [-0.25, -0.2) is 4.68 Å². The number of aryl methyl sites for hydroxylation is 1. The molecule has 0 spiro atoms. The summed E-state index contributed by atoms with van der Waals surface area (Å²) in [4.78, 5) is 12.0. The van der Waals surface area contributed by atoms with Gasteiger partial charge in [0.15, 0.2) is 18.1 Å². The van der Waals surface area contributed by atoms with Crippen molar-refractivity contribution < 1.29 is 14.3 Å². The van der Waals surface area contributed by atoms with E-state index in [0.29, 0.717) is 30.6 Å². The Morgan fingerprint density at radius 1 is 1.26 bits per heavy atom. The summed E-state index contributed by atoms with van der Waals surface area (Å²) in [5.41, 5.74) is 0.626. The number of benzene rings is 1. The molecule has 1 aromatic carbocycles. The lowest BCUT2D eigenvalue weighted by atomic mass is 10.1. The summed E-state index contributed by atoms with van der Waals surface area (Å²) in [6.45, 7) is 8.52. The average molecular weight is 441 g/mol. The molecule has 1 amide bonds. The van der Waals surface area contributed by atoms with Gasteiger partial charge in [-0.2, -0.15) is 0 Å². The largest absolute Gasteiger partial charge is 0.490 e. The summed E-state index contributed by atoms with van der Waals surface area (Å²) in [6.07, 6.45) is 0. The van der Waals surface area contributed by atoms with E-state index >= 15 is 0 Å². The van der Waals surface area contributed by atoms with Crippen molar-refractivity contribution in [1.82, 2.24) is 25.5 Å². The number of nitrogens with zero attached hydrogens (tertiary/aromatic N) is 4. The number of carbonyl (C=O) groups excluding carboxylic acids is 1. The third kappa shape index (κ3) is 6.38. The van der Waals surface area contributed by atoms with E-state index in [9.17, 15) is 4.79 Å². The Kier molecular flexibility index (Phi) is 7.00. The molecule has 0 unspecified atom stereocenters. The molecule has 10 heteroatoms. The van der Waals surface area contributed by atoms with Gasteiger partial charge in [-0.15, -0.1) is 0 Å². The number of amides is 1. The maximum atomic E-state index is 12.0. The fourth-order valence-electron chi connectivity index (χ4n) is 2.24. The van der Waals surface area contributed by atoms with Gasteiger partial charge in [0, 0.05) is 23.6 Å². The molecule has 2 rings (SSSR count). The molecule has 0 aliphatic rings. The first-order valence-corrected chi connectivity index (χ1v) is 9.34. The van der Waals surface area contributed by atoms with E-state index in [-0.39, 0.29) is 18.1 Å². The highest BCUT2D eigenvalue weighted by Gasteiger charge is 2.16. The normalized spacial score (nSPS) is 11.2. The van der Waals surface area contributed by atoms with E-state index in [2.05, 4.69) is 42.1 Å². The van der Waals surface area contributed by atoms with Crippen LogP contribution in [-0.4, -0.2) is 44.9 Å². The highest BCUT2D eigenvalue weighted by atomic mass is 79.9. The summed E-state index contributed by atoms with van der Waals surface area (Å²) >= 11 is 3.54. The molecule has 27 heavy (non-hydrogen) atoms. The average Bonchev–Trinajstić information content (AvgIpc) is 2.97. The number of nitrogens with one attached hydrogen (secondary N) is 2. The highest BCUT2D eigenvalue weighted by molar-refractivity contribution is 9.10. The molecule has 0 radical (unpaired) electrons. The summed E-state index contributed by atoms with van der Waals surface area (Å²) in [7, 11) is 1.75. The minimum Gasteiger partial charge on any atom is -0.490 e. The molecule has 2 aromatic rings. The van der Waals surface area contributed by atoms with Crippen molar-refractivity contribution in [3.05, 3.63) is 22.2 Å². The summed E-state index contributed by atoms with van der Waals surface area (Å²) < 4.78 is 13.7. The number of halogens is 1. The van der Waals surface area contributed by atoms with Crippen LogP contribution in [0.3, 0.4) is 0 Å². The van der Waals surface area contributed by atoms with Crippen LogP contribution in [0.5, 0.6) is 11.5 Å². The van der Waals surface area contributed by atoms with Crippen molar-refractivity contribution in [1.29, 1.82) is 0 Å². The zero-order valence-electron chi connectivity index (χ0n) is 16.2. The lowest BCUT2D eigenvalue weighted by molar-refractivity contribution is -0.124. The molecule has 2 N–H and O–H groups in total. The third-order valence-corrected chi connectivity index (χ3v) is 4.08. The van der Waals surface area contributed by atoms with Gasteiger partial charge in [-0.05, 0) is 55.8 Å². The van der Waals surface area contributed by atoms with Gasteiger partial charge in [0.1, 0.15) is 0 Å². The number of ether oxygens (including phenoxy) is 2. The van der Waals surface area contributed by atoms with Crippen molar-refractivity contribution >= 4 is 27.8 Å². The van der Waals surface area contributed by atoms with E-state index in [4.69, 9.17) is 9.47 Å². The Morgan fingerprint density at radius 2 is 1.96 bits per heavy atom. The first kappa shape index (κ1) is 20.9. The van der Waals surface area contributed by atoms with Crippen LogP contribution in [0.1, 0.15) is 33.3 Å². The van der Waals surface area contributed by atoms with E-state index in [0.717, 1.165) is 10.0 Å². The molecular formula is C17H25BrN6O3. The third-order valence-electron chi connectivity index (χ3n) is 3.34. The lowest BCUT2D eigenvalue weighted by Gasteiger charge is -2.21. The van der Waals surface area contributed by atoms with E-state index in [1.54, 1.807) is 17.8 Å². The minimum absolute atomic E-state index is 0.0913. The maximum Gasteiger partial charge on any atom is 0.258 e. The van der Waals surface area contributed by atoms with Gasteiger partial charge >= 0.3 is 0 Å². The minimum atomic E-state index is -0.312. The summed E-state index contributed by atoms with van der Waals surface area (Å²) in [6, 6.07) is 3.66. The molecule has 0 aliphatic carbocycles. The zero-order valence-corrected chi connectivity index (χ0v) is 17.8. The van der Waals surface area contributed by atoms with Crippen LogP contribution in [0, 0.1) is 0 Å². The Balaban J connectivity index is 2.10. The van der Waals surface area contributed by atoms with Crippen LogP contribution in [0.2, 0.25) is 0 Å². The molecule has 0 fully saturated rings. The van der Waals surface area contributed by atoms with Crippen LogP contribution in [-0.2, 0) is 18.4 Å². The summed E-state index contributed by atoms with van der Waals surface area (Å²) in [5.74, 6) is 1.43. The molecule has 0 aliphatic heterocycles. The van der Waals surface area contributed by atoms with Gasteiger partial charge in [-0.3, -0.25) is 4.79 Å². The molecular weight excluding hydrogens is 416 g/mol. The Morgan fingerprint density at radius 3 is 2.56 bits per heavy atom. The fraction of sp³-hybridized carbons (Fsp3) is 0.529. The molecule has 1 heterocycles. The number of hydrogen-bond acceptors (Lipinski definition) is 7. The highest BCUT2D eigenvalue weighted by Crippen LogP contribution is 2.34. The smallest absolute Gasteiger partial charge is 0.258 e. The molecule has 0 bridgehead atoms. The second kappa shape index (κ2) is 9.03. The summed E-state index contributed by atoms with van der Waals surface area (Å²) in [5, 5.41) is 17.3. The maximum absolute atomic E-state index is 12.0. The predicted molar refractivity (Wildman–Crippen MR) is 105 cm³/mol. The molecule has 0 atom stereocenters. The van der Waals surface area contributed by atoms with Gasteiger partial charge in [0.05, 0.1) is 6.61 Å². The topological polar surface area (TPSA) is 103 Å². The SMILES string of the molecule is CCOc1cc(CNc2nnnn2C)c(Br)cc1OCC(=O)NC(C)(C)C. The molecule has 0 saturated carbocycles. The first-order valence-electron chi connectivity index (χ1n) is 8.55. The van der Waals surface area contributed by atoms with E-state index in [1.807, 2.05) is 33.8 Å². The van der Waals surface area contributed by atoms with Crippen LogP contribution >= 0.6 is 15.9 Å². The van der Waals surface area contributed by atoms with Crippen LogP contribution in [0.15, 0.2) is 16.6 Å². The Labute approximate surface area is 166 Å². The van der Waals surface area contributed by atoms with Crippen LogP contribution in [0.4, 0.5) is 5.95 Å². The van der Waals surface area contributed by atoms with E-state index < -0.39 is 0 Å². The van der Waals surface area contributed by atoms with Gasteiger partial charge in [0.2, 0.25) is 5.95 Å². The quantitative estimate of drug-likeness (QED) is 0.648. The number of tetrazole rings is 1.